The Labute approximate surface area is 92.1 Å². The van der Waals surface area contributed by atoms with Gasteiger partial charge in [0.1, 0.15) is 12.4 Å². The summed E-state index contributed by atoms with van der Waals surface area (Å²) in [4.78, 5) is 0. The molecule has 1 nitrogen and oxygen atoms in total. The summed E-state index contributed by atoms with van der Waals surface area (Å²) in [6.45, 7) is 6.73. The molecule has 0 fully saturated rings. The molecule has 0 saturated carbocycles. The van der Waals surface area contributed by atoms with Gasteiger partial charge >= 0.3 is 0 Å². The number of allylic oxidation sites excluding steroid dienone is 2. The lowest BCUT2D eigenvalue weighted by Crippen LogP contribution is -1.99. The largest absolute Gasteiger partial charge is 0.489 e. The zero-order valence-corrected chi connectivity index (χ0v) is 9.66. The molecule has 0 atom stereocenters. The first-order valence-corrected chi connectivity index (χ1v) is 5.23. The van der Waals surface area contributed by atoms with Crippen molar-refractivity contribution in [3.8, 4) is 5.75 Å². The highest BCUT2D eigenvalue weighted by Gasteiger charge is 1.94. The Kier molecular flexibility index (Phi) is 4.69. The highest BCUT2D eigenvalue weighted by Crippen LogP contribution is 2.12. The summed E-state index contributed by atoms with van der Waals surface area (Å²) in [6.07, 6.45) is 6.15. The van der Waals surface area contributed by atoms with Gasteiger partial charge in [-0.25, -0.2) is 0 Å². The van der Waals surface area contributed by atoms with Crippen molar-refractivity contribution >= 4 is 0 Å². The number of ether oxygens (including phenoxy) is 1. The molecule has 0 aliphatic heterocycles. The first-order valence-electron chi connectivity index (χ1n) is 5.23. The fourth-order valence-electron chi connectivity index (χ4n) is 1.24. The highest BCUT2D eigenvalue weighted by molar-refractivity contribution is 5.27. The van der Waals surface area contributed by atoms with Crippen molar-refractivity contribution in [1.82, 2.24) is 0 Å². The molecule has 0 N–H and O–H groups in total. The van der Waals surface area contributed by atoms with Gasteiger partial charge in [-0.3, -0.25) is 0 Å². The predicted octanol–water partition coefficient (Wildman–Crippen LogP) is 3.90. The topological polar surface area (TPSA) is 9.23 Å². The molecule has 0 bridgehead atoms. The van der Waals surface area contributed by atoms with E-state index in [0.717, 1.165) is 5.75 Å². The molecule has 0 unspecified atom stereocenters. The van der Waals surface area contributed by atoms with Crippen LogP contribution in [0, 0.1) is 6.92 Å². The van der Waals surface area contributed by atoms with E-state index in [-0.39, 0.29) is 0 Å². The molecule has 1 aromatic rings. The molecule has 0 radical (unpaired) electrons. The van der Waals surface area contributed by atoms with Crippen molar-refractivity contribution in [3.63, 3.8) is 0 Å². The molecule has 0 amide bonds. The Hall–Kier alpha value is -1.50. The van der Waals surface area contributed by atoms with E-state index in [1.165, 1.54) is 11.1 Å². The minimum absolute atomic E-state index is 0.629. The zero-order valence-electron chi connectivity index (χ0n) is 9.66. The van der Waals surface area contributed by atoms with Crippen molar-refractivity contribution < 1.29 is 4.74 Å². The molecule has 1 aromatic carbocycles. The van der Waals surface area contributed by atoms with Crippen LogP contribution in [0.4, 0.5) is 0 Å². The maximum atomic E-state index is 5.65. The summed E-state index contributed by atoms with van der Waals surface area (Å²) in [7, 11) is 0. The smallest absolute Gasteiger partial charge is 0.119 e. The lowest BCUT2D eigenvalue weighted by Gasteiger charge is -2.06. The van der Waals surface area contributed by atoms with E-state index >= 15 is 0 Å². The van der Waals surface area contributed by atoms with Gasteiger partial charge in [0.25, 0.3) is 0 Å². The molecule has 1 rings (SSSR count). The second-order valence-corrected chi connectivity index (χ2v) is 3.47. The predicted molar refractivity (Wildman–Crippen MR) is 65.2 cm³/mol. The van der Waals surface area contributed by atoms with Gasteiger partial charge in [-0.1, -0.05) is 35.9 Å². The highest BCUT2D eigenvalue weighted by atomic mass is 16.5. The van der Waals surface area contributed by atoms with Gasteiger partial charge in [0.05, 0.1) is 0 Å². The van der Waals surface area contributed by atoms with Gasteiger partial charge in [0.15, 0.2) is 0 Å². The molecular weight excluding hydrogens is 184 g/mol. The fourth-order valence-corrected chi connectivity index (χ4v) is 1.24. The average Bonchev–Trinajstić information content (AvgIpc) is 2.26. The first kappa shape index (κ1) is 11.6. The lowest BCUT2D eigenvalue weighted by atomic mass is 10.2. The molecule has 0 aromatic heterocycles. The summed E-state index contributed by atoms with van der Waals surface area (Å²) < 4.78 is 5.65. The third-order valence-electron chi connectivity index (χ3n) is 2.18. The Morgan fingerprint density at radius 1 is 1.20 bits per heavy atom. The van der Waals surface area contributed by atoms with Crippen molar-refractivity contribution in [2.75, 3.05) is 6.61 Å². The number of rotatable bonds is 4. The van der Waals surface area contributed by atoms with Crippen LogP contribution in [-0.4, -0.2) is 6.61 Å². The molecular formula is C14H18O. The molecule has 0 saturated heterocycles. The van der Waals surface area contributed by atoms with Crippen LogP contribution in [0.25, 0.3) is 0 Å². The fraction of sp³-hybridized carbons (Fsp3) is 0.286. The molecule has 0 spiro atoms. The molecule has 1 heteroatoms. The van der Waals surface area contributed by atoms with Gasteiger partial charge in [-0.2, -0.15) is 0 Å². The Morgan fingerprint density at radius 2 is 1.87 bits per heavy atom. The molecule has 0 aliphatic carbocycles. The quantitative estimate of drug-likeness (QED) is 0.673. The maximum Gasteiger partial charge on any atom is 0.119 e. The van der Waals surface area contributed by atoms with Crippen molar-refractivity contribution in [3.05, 3.63) is 53.6 Å². The summed E-state index contributed by atoms with van der Waals surface area (Å²) >= 11 is 0. The third kappa shape index (κ3) is 4.03. The van der Waals surface area contributed by atoms with Crippen LogP contribution in [0.3, 0.4) is 0 Å². The first-order chi connectivity index (χ1) is 7.26. The molecule has 0 aliphatic rings. The number of hydrogen-bond donors (Lipinski definition) is 0. The lowest BCUT2D eigenvalue weighted by molar-refractivity contribution is 0.355. The average molecular weight is 202 g/mol. The van der Waals surface area contributed by atoms with E-state index in [0.29, 0.717) is 6.61 Å². The monoisotopic (exact) mass is 202 g/mol. The van der Waals surface area contributed by atoms with E-state index in [1.807, 2.05) is 32.1 Å². The van der Waals surface area contributed by atoms with E-state index in [9.17, 15) is 0 Å². The van der Waals surface area contributed by atoms with Crippen LogP contribution in [0.15, 0.2) is 48.1 Å². The Balaban J connectivity index is 2.53. The van der Waals surface area contributed by atoms with Crippen molar-refractivity contribution in [2.24, 2.45) is 0 Å². The van der Waals surface area contributed by atoms with Crippen LogP contribution in [0.5, 0.6) is 5.75 Å². The van der Waals surface area contributed by atoms with Crippen molar-refractivity contribution in [1.29, 1.82) is 0 Å². The van der Waals surface area contributed by atoms with Crippen molar-refractivity contribution in [2.45, 2.75) is 20.8 Å². The summed E-state index contributed by atoms with van der Waals surface area (Å²) in [6, 6.07) is 8.11. The number of benzene rings is 1. The van der Waals surface area contributed by atoms with Gasteiger partial charge in [-0.05, 0) is 38.5 Å². The SMILES string of the molecule is C/C=C\C(=C/C)COc1ccc(C)cc1. The molecule has 80 valence electrons. The van der Waals surface area contributed by atoms with E-state index in [2.05, 4.69) is 31.2 Å². The molecule has 15 heavy (non-hydrogen) atoms. The zero-order chi connectivity index (χ0) is 11.1. The Bertz CT molecular complexity index is 344. The summed E-state index contributed by atoms with van der Waals surface area (Å²) in [5.41, 5.74) is 2.44. The van der Waals surface area contributed by atoms with Gasteiger partial charge in [0, 0.05) is 0 Å². The normalized spacial score (nSPS) is 12.1. The van der Waals surface area contributed by atoms with E-state index < -0.39 is 0 Å². The third-order valence-corrected chi connectivity index (χ3v) is 2.18. The summed E-state index contributed by atoms with van der Waals surface area (Å²) in [5, 5.41) is 0. The number of hydrogen-bond acceptors (Lipinski definition) is 1. The Morgan fingerprint density at radius 3 is 2.40 bits per heavy atom. The van der Waals surface area contributed by atoms with E-state index in [4.69, 9.17) is 4.74 Å². The van der Waals surface area contributed by atoms with Gasteiger partial charge in [-0.15, -0.1) is 0 Å². The van der Waals surface area contributed by atoms with Crippen LogP contribution >= 0.6 is 0 Å². The second-order valence-electron chi connectivity index (χ2n) is 3.47. The minimum Gasteiger partial charge on any atom is -0.489 e. The standard InChI is InChI=1S/C14H18O/c1-4-6-13(5-2)11-15-14-9-7-12(3)8-10-14/h4-10H,11H2,1-3H3/b6-4-,13-5+. The van der Waals surface area contributed by atoms with E-state index in [1.54, 1.807) is 0 Å². The second kappa shape index (κ2) is 6.07. The van der Waals surface area contributed by atoms with Crippen LogP contribution in [0.1, 0.15) is 19.4 Å². The van der Waals surface area contributed by atoms with Crippen LogP contribution < -0.4 is 4.74 Å². The van der Waals surface area contributed by atoms with Crippen LogP contribution in [0.2, 0.25) is 0 Å². The minimum atomic E-state index is 0.629. The van der Waals surface area contributed by atoms with Crippen LogP contribution in [-0.2, 0) is 0 Å². The number of aryl methyl sites for hydroxylation is 1. The maximum absolute atomic E-state index is 5.65. The van der Waals surface area contributed by atoms with Gasteiger partial charge < -0.3 is 4.74 Å². The summed E-state index contributed by atoms with van der Waals surface area (Å²) in [5.74, 6) is 0.921. The van der Waals surface area contributed by atoms with Gasteiger partial charge in [0.2, 0.25) is 0 Å². The molecule has 0 heterocycles.